The second-order valence-corrected chi connectivity index (χ2v) is 6.78. The fourth-order valence-corrected chi connectivity index (χ4v) is 2.83. The molecule has 1 amide bonds. The molecule has 3 rings (SSSR count). The van der Waals surface area contributed by atoms with E-state index < -0.39 is 11.7 Å². The molecule has 0 radical (unpaired) electrons. The largest absolute Gasteiger partial charge is 0.304 e. The molecule has 124 valence electrons. The van der Waals surface area contributed by atoms with Crippen molar-refractivity contribution < 1.29 is 9.18 Å². The number of anilines is 1. The van der Waals surface area contributed by atoms with E-state index >= 15 is 0 Å². The molecule has 0 unspecified atom stereocenters. The van der Waals surface area contributed by atoms with Crippen LogP contribution in [0.2, 0.25) is 5.02 Å². The Labute approximate surface area is 157 Å². The molecule has 2 N–H and O–H groups in total. The molecule has 0 aliphatic rings. The van der Waals surface area contributed by atoms with E-state index in [1.54, 1.807) is 23.0 Å². The van der Waals surface area contributed by atoms with Crippen molar-refractivity contribution in [3.8, 4) is 0 Å². The van der Waals surface area contributed by atoms with Crippen LogP contribution in [0.15, 0.2) is 39.5 Å². The van der Waals surface area contributed by atoms with Gasteiger partial charge in [-0.3, -0.25) is 14.6 Å². The lowest BCUT2D eigenvalue weighted by Gasteiger charge is -2.05. The van der Waals surface area contributed by atoms with E-state index in [1.807, 2.05) is 0 Å². The van der Waals surface area contributed by atoms with Crippen LogP contribution in [0.5, 0.6) is 0 Å². The first-order valence-electron chi connectivity index (χ1n) is 6.62. The molecular formula is C14H9Br2ClFN5O. The topological polar surface area (TPSA) is 75.6 Å². The summed E-state index contributed by atoms with van der Waals surface area (Å²) < 4.78 is 15.7. The molecule has 0 saturated carbocycles. The van der Waals surface area contributed by atoms with Crippen molar-refractivity contribution in [2.45, 2.75) is 6.54 Å². The lowest BCUT2D eigenvalue weighted by molar-refractivity contribution is 0.102. The molecule has 2 aromatic heterocycles. The fourth-order valence-electron chi connectivity index (χ4n) is 1.97. The predicted molar refractivity (Wildman–Crippen MR) is 94.7 cm³/mol. The summed E-state index contributed by atoms with van der Waals surface area (Å²) in [6, 6.07) is 5.82. The molecule has 6 nitrogen and oxygen atoms in total. The summed E-state index contributed by atoms with van der Waals surface area (Å²) in [4.78, 5) is 12.2. The third kappa shape index (κ3) is 3.68. The lowest BCUT2D eigenvalue weighted by Crippen LogP contribution is -2.14. The van der Waals surface area contributed by atoms with Crippen molar-refractivity contribution in [2.75, 3.05) is 5.32 Å². The fraction of sp³-hybridized carbons (Fsp3) is 0.0714. The smallest absolute Gasteiger partial charge is 0.278 e. The minimum Gasteiger partial charge on any atom is -0.304 e. The number of halogens is 4. The molecule has 0 aliphatic heterocycles. The van der Waals surface area contributed by atoms with Crippen molar-refractivity contribution >= 4 is 55.2 Å². The highest BCUT2D eigenvalue weighted by molar-refractivity contribution is 9.13. The Bertz CT molecular complexity index is 910. The number of aromatic amines is 1. The van der Waals surface area contributed by atoms with E-state index in [0.717, 1.165) is 5.56 Å². The van der Waals surface area contributed by atoms with Gasteiger partial charge in [-0.25, -0.2) is 4.39 Å². The predicted octanol–water partition coefficient (Wildman–Crippen LogP) is 4.22. The number of hydrogen-bond donors (Lipinski definition) is 2. The average molecular weight is 478 g/mol. The monoisotopic (exact) mass is 475 g/mol. The van der Waals surface area contributed by atoms with Crippen molar-refractivity contribution in [3.05, 3.63) is 61.6 Å². The second kappa shape index (κ2) is 7.04. The standard InChI is InChI=1S/C14H9Br2ClFN5O/c15-11-12(20-21-13(11)16)14(24)19-10-3-4-23(22-10)6-7-1-2-8(18)5-9(7)17/h1-5H,6H2,(H,20,21)(H,19,22,24). The molecule has 10 heteroatoms. The molecule has 0 fully saturated rings. The first-order chi connectivity index (χ1) is 11.4. The van der Waals surface area contributed by atoms with Crippen LogP contribution in [-0.4, -0.2) is 25.9 Å². The van der Waals surface area contributed by atoms with Crippen molar-refractivity contribution in [1.29, 1.82) is 0 Å². The number of nitrogens with zero attached hydrogens (tertiary/aromatic N) is 3. The van der Waals surface area contributed by atoms with Crippen LogP contribution < -0.4 is 5.32 Å². The van der Waals surface area contributed by atoms with Gasteiger partial charge in [0.05, 0.1) is 11.0 Å². The average Bonchev–Trinajstić information content (AvgIpc) is 3.10. The minimum atomic E-state index is -0.408. The van der Waals surface area contributed by atoms with Gasteiger partial charge in [-0.15, -0.1) is 0 Å². The maximum atomic E-state index is 13.1. The maximum absolute atomic E-state index is 13.1. The summed E-state index contributed by atoms with van der Waals surface area (Å²) in [6.45, 7) is 0.354. The highest BCUT2D eigenvalue weighted by atomic mass is 79.9. The van der Waals surface area contributed by atoms with Gasteiger partial charge in [0.15, 0.2) is 11.5 Å². The molecule has 0 bridgehead atoms. The number of aromatic nitrogens is 4. The lowest BCUT2D eigenvalue weighted by atomic mass is 10.2. The molecule has 0 saturated heterocycles. The molecule has 2 heterocycles. The normalized spacial score (nSPS) is 10.8. The van der Waals surface area contributed by atoms with Crippen LogP contribution in [0.1, 0.15) is 16.1 Å². The zero-order valence-electron chi connectivity index (χ0n) is 11.9. The highest BCUT2D eigenvalue weighted by Crippen LogP contribution is 2.24. The molecule has 3 aromatic rings. The van der Waals surface area contributed by atoms with Gasteiger partial charge < -0.3 is 5.32 Å². The van der Waals surface area contributed by atoms with Crippen LogP contribution in [0.3, 0.4) is 0 Å². The number of rotatable bonds is 4. The quantitative estimate of drug-likeness (QED) is 0.591. The number of carbonyl (C=O) groups is 1. The van der Waals surface area contributed by atoms with Gasteiger partial charge in [-0.1, -0.05) is 17.7 Å². The summed E-state index contributed by atoms with van der Waals surface area (Å²) in [6.07, 6.45) is 1.69. The molecule has 1 aromatic carbocycles. The van der Waals surface area contributed by atoms with Gasteiger partial charge in [-0.05, 0) is 49.6 Å². The van der Waals surface area contributed by atoms with Crippen LogP contribution in [0.4, 0.5) is 10.2 Å². The zero-order valence-corrected chi connectivity index (χ0v) is 15.8. The second-order valence-electron chi connectivity index (χ2n) is 4.79. The maximum Gasteiger partial charge on any atom is 0.278 e. The van der Waals surface area contributed by atoms with E-state index in [9.17, 15) is 9.18 Å². The molecule has 0 aliphatic carbocycles. The Morgan fingerprint density at radius 3 is 2.83 bits per heavy atom. The van der Waals surface area contributed by atoms with Crippen LogP contribution in [0, 0.1) is 5.82 Å². The van der Waals surface area contributed by atoms with E-state index in [0.29, 0.717) is 26.5 Å². The van der Waals surface area contributed by atoms with E-state index in [2.05, 4.69) is 52.5 Å². The number of amides is 1. The molecular weight excluding hydrogens is 468 g/mol. The number of H-pyrrole nitrogens is 1. The van der Waals surface area contributed by atoms with Crippen LogP contribution >= 0.6 is 43.5 Å². The number of benzene rings is 1. The minimum absolute atomic E-state index is 0.206. The Hall–Kier alpha value is -1.71. The summed E-state index contributed by atoms with van der Waals surface area (Å²) in [5, 5.41) is 13.7. The number of nitrogens with one attached hydrogen (secondary N) is 2. The van der Waals surface area contributed by atoms with Crippen LogP contribution in [0.25, 0.3) is 0 Å². The number of carbonyl (C=O) groups excluding carboxylic acids is 1. The molecule has 0 spiro atoms. The summed E-state index contributed by atoms with van der Waals surface area (Å²) in [5.74, 6) is -0.439. The van der Waals surface area contributed by atoms with Gasteiger partial charge in [0.1, 0.15) is 10.4 Å². The SMILES string of the molecule is O=C(Nc1ccn(Cc2ccc(F)cc2Cl)n1)c1n[nH]c(Br)c1Br. The third-order valence-electron chi connectivity index (χ3n) is 3.11. The summed E-state index contributed by atoms with van der Waals surface area (Å²) in [5.41, 5.74) is 0.927. The van der Waals surface area contributed by atoms with Crippen molar-refractivity contribution in [3.63, 3.8) is 0 Å². The van der Waals surface area contributed by atoms with Gasteiger partial charge in [0.25, 0.3) is 5.91 Å². The van der Waals surface area contributed by atoms with E-state index in [-0.39, 0.29) is 5.69 Å². The Morgan fingerprint density at radius 2 is 2.17 bits per heavy atom. The highest BCUT2D eigenvalue weighted by Gasteiger charge is 2.17. The third-order valence-corrected chi connectivity index (χ3v) is 5.34. The van der Waals surface area contributed by atoms with Crippen molar-refractivity contribution in [2.24, 2.45) is 0 Å². The van der Waals surface area contributed by atoms with Gasteiger partial charge in [0.2, 0.25) is 0 Å². The van der Waals surface area contributed by atoms with Crippen molar-refractivity contribution in [1.82, 2.24) is 20.0 Å². The van der Waals surface area contributed by atoms with Crippen LogP contribution in [-0.2, 0) is 6.54 Å². The Kier molecular flexibility index (Phi) is 5.02. The summed E-state index contributed by atoms with van der Waals surface area (Å²) in [7, 11) is 0. The Balaban J connectivity index is 1.71. The van der Waals surface area contributed by atoms with Gasteiger partial charge >= 0.3 is 0 Å². The zero-order chi connectivity index (χ0) is 17.3. The van der Waals surface area contributed by atoms with E-state index in [4.69, 9.17) is 11.6 Å². The van der Waals surface area contributed by atoms with Gasteiger partial charge in [0, 0.05) is 17.3 Å². The van der Waals surface area contributed by atoms with Gasteiger partial charge in [-0.2, -0.15) is 10.2 Å². The summed E-state index contributed by atoms with van der Waals surface area (Å²) >= 11 is 12.5. The molecule has 24 heavy (non-hydrogen) atoms. The molecule has 0 atom stereocenters. The number of hydrogen-bond acceptors (Lipinski definition) is 3. The first kappa shape index (κ1) is 17.1. The first-order valence-corrected chi connectivity index (χ1v) is 8.58. The van der Waals surface area contributed by atoms with E-state index in [1.165, 1.54) is 12.1 Å². The Morgan fingerprint density at radius 1 is 1.38 bits per heavy atom.